The van der Waals surface area contributed by atoms with Crippen LogP contribution in [0.1, 0.15) is 52.4 Å². The average Bonchev–Trinajstić information content (AvgIpc) is 2.12. The van der Waals surface area contributed by atoms with Crippen molar-refractivity contribution in [1.82, 2.24) is 0 Å². The number of rotatable bonds is 5. The zero-order valence-corrected chi connectivity index (χ0v) is 10.5. The van der Waals surface area contributed by atoms with E-state index in [2.05, 4.69) is 25.6 Å². The summed E-state index contributed by atoms with van der Waals surface area (Å²) in [6, 6.07) is 0.390. The Balaban J connectivity index is 2.00. The van der Waals surface area contributed by atoms with Gasteiger partial charge in [-0.25, -0.2) is 0 Å². The molecule has 0 amide bonds. The van der Waals surface area contributed by atoms with Crippen molar-refractivity contribution in [1.29, 1.82) is 0 Å². The van der Waals surface area contributed by atoms with Gasteiger partial charge in [0.25, 0.3) is 0 Å². The molecule has 0 aromatic rings. The minimum absolute atomic E-state index is 0.390. The fourth-order valence-corrected chi connectivity index (χ4v) is 3.65. The van der Waals surface area contributed by atoms with Gasteiger partial charge in [0.1, 0.15) is 0 Å². The lowest BCUT2D eigenvalue weighted by Gasteiger charge is -2.26. The molecule has 0 aromatic carbocycles. The van der Waals surface area contributed by atoms with Gasteiger partial charge < -0.3 is 5.73 Å². The maximum atomic E-state index is 5.72. The summed E-state index contributed by atoms with van der Waals surface area (Å²) < 4.78 is 0. The topological polar surface area (TPSA) is 26.0 Å². The minimum atomic E-state index is 0.390. The lowest BCUT2D eigenvalue weighted by atomic mass is 9.91. The summed E-state index contributed by atoms with van der Waals surface area (Å²) >= 11 is 2.19. The summed E-state index contributed by atoms with van der Waals surface area (Å²) in [7, 11) is 0. The first kappa shape index (κ1) is 12.4. The zero-order chi connectivity index (χ0) is 10.4. The van der Waals surface area contributed by atoms with Crippen LogP contribution in [0, 0.1) is 5.92 Å². The van der Waals surface area contributed by atoms with E-state index in [1.165, 1.54) is 44.3 Å². The molecule has 2 heteroatoms. The smallest absolute Gasteiger partial charge is 0.00495 e. The van der Waals surface area contributed by atoms with E-state index in [1.54, 1.807) is 0 Å². The van der Waals surface area contributed by atoms with Gasteiger partial charge in [-0.15, -0.1) is 0 Å². The molecule has 1 fully saturated rings. The van der Waals surface area contributed by atoms with Crippen molar-refractivity contribution in [3.05, 3.63) is 0 Å². The monoisotopic (exact) mass is 215 g/mol. The van der Waals surface area contributed by atoms with Crippen molar-refractivity contribution < 1.29 is 0 Å². The van der Waals surface area contributed by atoms with Crippen molar-refractivity contribution in [2.45, 2.75) is 63.7 Å². The van der Waals surface area contributed by atoms with Crippen LogP contribution in [0.15, 0.2) is 0 Å². The molecule has 0 aromatic heterocycles. The zero-order valence-electron chi connectivity index (χ0n) is 9.67. The molecule has 0 aliphatic heterocycles. The largest absolute Gasteiger partial charge is 0.328 e. The van der Waals surface area contributed by atoms with E-state index in [0.717, 1.165) is 11.2 Å². The second kappa shape index (κ2) is 6.73. The van der Waals surface area contributed by atoms with E-state index in [0.29, 0.717) is 6.04 Å². The normalized spacial score (nSPS) is 30.2. The Morgan fingerprint density at radius 3 is 2.86 bits per heavy atom. The molecule has 1 nitrogen and oxygen atoms in total. The van der Waals surface area contributed by atoms with Crippen molar-refractivity contribution in [3.8, 4) is 0 Å². The van der Waals surface area contributed by atoms with E-state index < -0.39 is 0 Å². The molecule has 84 valence electrons. The van der Waals surface area contributed by atoms with Crippen LogP contribution >= 0.6 is 11.8 Å². The molecule has 2 N–H and O–H groups in total. The molecule has 1 aliphatic rings. The van der Waals surface area contributed by atoms with Gasteiger partial charge >= 0.3 is 0 Å². The highest BCUT2D eigenvalue weighted by Crippen LogP contribution is 2.32. The van der Waals surface area contributed by atoms with Crippen LogP contribution in [0.2, 0.25) is 0 Å². The third-order valence-electron chi connectivity index (χ3n) is 3.05. The van der Waals surface area contributed by atoms with Crippen LogP contribution in [-0.2, 0) is 0 Å². The van der Waals surface area contributed by atoms with E-state index >= 15 is 0 Å². The van der Waals surface area contributed by atoms with Crippen LogP contribution < -0.4 is 5.73 Å². The van der Waals surface area contributed by atoms with Gasteiger partial charge in [-0.05, 0) is 44.3 Å². The predicted octanol–water partition coefficient (Wildman–Crippen LogP) is 3.43. The van der Waals surface area contributed by atoms with Gasteiger partial charge in [-0.1, -0.05) is 19.8 Å². The van der Waals surface area contributed by atoms with E-state index in [9.17, 15) is 0 Å². The van der Waals surface area contributed by atoms with E-state index in [4.69, 9.17) is 5.73 Å². The lowest BCUT2D eigenvalue weighted by Crippen LogP contribution is -2.17. The maximum Gasteiger partial charge on any atom is 0.00495 e. The molecule has 0 saturated heterocycles. The molecule has 1 aliphatic carbocycles. The van der Waals surface area contributed by atoms with Gasteiger partial charge in [-0.3, -0.25) is 0 Å². The Bertz CT molecular complexity index is 147. The van der Waals surface area contributed by atoms with E-state index in [1.807, 2.05) is 0 Å². The fraction of sp³-hybridized carbons (Fsp3) is 1.00. The Kier molecular flexibility index (Phi) is 5.95. The first-order chi connectivity index (χ1) is 6.68. The summed E-state index contributed by atoms with van der Waals surface area (Å²) in [6.07, 6.45) is 8.29. The molecular weight excluding hydrogens is 190 g/mol. The third-order valence-corrected chi connectivity index (χ3v) is 4.47. The molecule has 1 rings (SSSR count). The maximum absolute atomic E-state index is 5.72. The van der Waals surface area contributed by atoms with Gasteiger partial charge in [0.05, 0.1) is 0 Å². The average molecular weight is 215 g/mol. The molecular formula is C12H25NS. The Morgan fingerprint density at radius 1 is 1.43 bits per heavy atom. The summed E-state index contributed by atoms with van der Waals surface area (Å²) in [5.74, 6) is 2.29. The van der Waals surface area contributed by atoms with Crippen LogP contribution in [0.25, 0.3) is 0 Å². The van der Waals surface area contributed by atoms with Gasteiger partial charge in [0, 0.05) is 11.3 Å². The molecule has 0 heterocycles. The molecule has 3 atom stereocenters. The molecule has 0 radical (unpaired) electrons. The Labute approximate surface area is 93.2 Å². The number of nitrogens with two attached hydrogens (primary N) is 1. The quantitative estimate of drug-likeness (QED) is 0.711. The number of hydrogen-bond donors (Lipinski definition) is 1. The SMILES string of the molecule is CC(N)CCCSC1CCCC(C)C1. The van der Waals surface area contributed by atoms with Gasteiger partial charge in [0.15, 0.2) is 0 Å². The molecule has 3 unspecified atom stereocenters. The molecule has 1 saturated carbocycles. The standard InChI is InChI=1S/C12H25NS/c1-10-5-3-7-12(9-10)14-8-4-6-11(2)13/h10-12H,3-9,13H2,1-2H3. The van der Waals surface area contributed by atoms with Crippen LogP contribution in [-0.4, -0.2) is 17.0 Å². The molecule has 0 bridgehead atoms. The summed E-state index contributed by atoms with van der Waals surface area (Å²) in [4.78, 5) is 0. The van der Waals surface area contributed by atoms with Crippen LogP contribution in [0.5, 0.6) is 0 Å². The Hall–Kier alpha value is 0.310. The van der Waals surface area contributed by atoms with E-state index in [-0.39, 0.29) is 0 Å². The predicted molar refractivity (Wildman–Crippen MR) is 66.8 cm³/mol. The third kappa shape index (κ3) is 5.26. The minimum Gasteiger partial charge on any atom is -0.328 e. The molecule has 14 heavy (non-hydrogen) atoms. The highest BCUT2D eigenvalue weighted by atomic mass is 32.2. The first-order valence-electron chi connectivity index (χ1n) is 6.05. The van der Waals surface area contributed by atoms with Crippen LogP contribution in [0.4, 0.5) is 0 Å². The van der Waals surface area contributed by atoms with Crippen LogP contribution in [0.3, 0.4) is 0 Å². The van der Waals surface area contributed by atoms with Gasteiger partial charge in [-0.2, -0.15) is 11.8 Å². The Morgan fingerprint density at radius 2 is 2.21 bits per heavy atom. The summed E-state index contributed by atoms with van der Waals surface area (Å²) in [5, 5.41) is 0.951. The van der Waals surface area contributed by atoms with Crippen molar-refractivity contribution >= 4 is 11.8 Å². The highest BCUT2D eigenvalue weighted by Gasteiger charge is 2.18. The first-order valence-corrected chi connectivity index (χ1v) is 7.10. The molecule has 0 spiro atoms. The second-order valence-corrected chi connectivity index (χ2v) is 6.29. The van der Waals surface area contributed by atoms with Crippen molar-refractivity contribution in [2.24, 2.45) is 11.7 Å². The summed E-state index contributed by atoms with van der Waals surface area (Å²) in [5.41, 5.74) is 5.72. The highest BCUT2D eigenvalue weighted by molar-refractivity contribution is 7.99. The lowest BCUT2D eigenvalue weighted by molar-refractivity contribution is 0.394. The fourth-order valence-electron chi connectivity index (χ4n) is 2.19. The summed E-state index contributed by atoms with van der Waals surface area (Å²) in [6.45, 7) is 4.50. The van der Waals surface area contributed by atoms with Crippen molar-refractivity contribution in [3.63, 3.8) is 0 Å². The van der Waals surface area contributed by atoms with Gasteiger partial charge in [0.2, 0.25) is 0 Å². The van der Waals surface area contributed by atoms with Crippen molar-refractivity contribution in [2.75, 3.05) is 5.75 Å². The number of hydrogen-bond acceptors (Lipinski definition) is 2. The number of thioether (sulfide) groups is 1. The second-order valence-electron chi connectivity index (χ2n) is 4.88.